The second-order valence-corrected chi connectivity index (χ2v) is 7.37. The van der Waals surface area contributed by atoms with Crippen LogP contribution in [0.5, 0.6) is 0 Å². The van der Waals surface area contributed by atoms with Crippen LogP contribution in [-0.4, -0.2) is 15.0 Å². The summed E-state index contributed by atoms with van der Waals surface area (Å²) in [5.74, 6) is 5.15. The third-order valence-corrected chi connectivity index (χ3v) is 5.80. The highest BCUT2D eigenvalue weighted by Gasteiger charge is 2.15. The summed E-state index contributed by atoms with van der Waals surface area (Å²) >= 11 is 1.26. The van der Waals surface area contributed by atoms with Crippen molar-refractivity contribution in [2.45, 2.75) is 17.6 Å². The molecule has 6 heteroatoms. The van der Waals surface area contributed by atoms with Gasteiger partial charge >= 0.3 is 0 Å². The van der Waals surface area contributed by atoms with Crippen LogP contribution >= 0.6 is 11.3 Å². The summed E-state index contributed by atoms with van der Waals surface area (Å²) in [6.45, 7) is 1.99. The fourth-order valence-corrected chi connectivity index (χ4v) is 3.84. The molecule has 0 radical (unpaired) electrons. The van der Waals surface area contributed by atoms with Crippen LogP contribution in [0.15, 0.2) is 40.6 Å². The van der Waals surface area contributed by atoms with Crippen molar-refractivity contribution in [1.29, 1.82) is 0 Å². The Balaban J connectivity index is 1.98. The predicted octanol–water partition coefficient (Wildman–Crippen LogP) is 2.78. The molecule has 110 valence electrons. The van der Waals surface area contributed by atoms with Crippen molar-refractivity contribution in [2.24, 2.45) is 0 Å². The van der Waals surface area contributed by atoms with Gasteiger partial charge in [0.15, 0.2) is 0 Å². The van der Waals surface area contributed by atoms with Gasteiger partial charge in [-0.05, 0) is 42.8 Å². The van der Waals surface area contributed by atoms with E-state index < -0.39 is 10.0 Å². The van der Waals surface area contributed by atoms with Gasteiger partial charge in [-0.2, -0.15) is 4.72 Å². The molecular weight excluding hydrogens is 309 g/mol. The minimum absolute atomic E-state index is 0.0130. The Morgan fingerprint density at radius 3 is 2.52 bits per heavy atom. The van der Waals surface area contributed by atoms with E-state index in [4.69, 9.17) is 0 Å². The van der Waals surface area contributed by atoms with E-state index in [0.717, 1.165) is 11.3 Å². The number of hydrogen-bond acceptors (Lipinski definition) is 3. The van der Waals surface area contributed by atoms with E-state index >= 15 is 0 Å². The Morgan fingerprint density at radius 2 is 1.90 bits per heavy atom. The lowest BCUT2D eigenvalue weighted by atomic mass is 10.2. The highest BCUT2D eigenvalue weighted by atomic mass is 32.2. The van der Waals surface area contributed by atoms with Gasteiger partial charge in [0.25, 0.3) is 10.0 Å². The maximum Gasteiger partial charge on any atom is 0.250 e. The van der Waals surface area contributed by atoms with Gasteiger partial charge in [0.05, 0.1) is 6.54 Å². The molecule has 1 N–H and O–H groups in total. The van der Waals surface area contributed by atoms with Crippen LogP contribution in [-0.2, 0) is 16.4 Å². The topological polar surface area (TPSA) is 46.2 Å². The molecule has 21 heavy (non-hydrogen) atoms. The van der Waals surface area contributed by atoms with Gasteiger partial charge in [-0.3, -0.25) is 0 Å². The van der Waals surface area contributed by atoms with Crippen LogP contribution in [0.4, 0.5) is 4.39 Å². The first-order valence-electron chi connectivity index (χ1n) is 6.34. The zero-order valence-corrected chi connectivity index (χ0v) is 13.0. The average Bonchev–Trinajstić information content (AvgIpc) is 2.95. The van der Waals surface area contributed by atoms with Gasteiger partial charge in [0.1, 0.15) is 10.0 Å². The molecule has 0 fully saturated rings. The minimum Gasteiger partial charge on any atom is -0.207 e. The number of thiophene rings is 1. The Labute approximate surface area is 127 Å². The molecule has 2 aromatic rings. The molecule has 0 aliphatic rings. The van der Waals surface area contributed by atoms with Crippen LogP contribution < -0.4 is 4.72 Å². The fraction of sp³-hybridized carbons (Fsp3) is 0.200. The lowest BCUT2D eigenvalue weighted by Gasteiger charge is -1.99. The number of halogens is 1. The maximum atomic E-state index is 12.7. The predicted molar refractivity (Wildman–Crippen MR) is 82.2 cm³/mol. The molecule has 0 spiro atoms. The van der Waals surface area contributed by atoms with Gasteiger partial charge in [-0.15, -0.1) is 11.3 Å². The quantitative estimate of drug-likeness (QED) is 0.880. The summed E-state index contributed by atoms with van der Waals surface area (Å²) in [5, 5.41) is 0. The molecule has 1 aromatic carbocycles. The van der Waals surface area contributed by atoms with Crippen molar-refractivity contribution in [1.82, 2.24) is 4.72 Å². The molecule has 0 aliphatic carbocycles. The van der Waals surface area contributed by atoms with Crippen molar-refractivity contribution in [2.75, 3.05) is 6.54 Å². The summed E-state index contributed by atoms with van der Waals surface area (Å²) in [4.78, 5) is 1.02. The van der Waals surface area contributed by atoms with E-state index in [0.29, 0.717) is 9.77 Å². The van der Waals surface area contributed by atoms with Crippen molar-refractivity contribution >= 4 is 21.4 Å². The molecular formula is C15H14FNO2S2. The molecule has 2 rings (SSSR count). The van der Waals surface area contributed by atoms with Crippen molar-refractivity contribution < 1.29 is 12.8 Å². The first-order chi connectivity index (χ1) is 10.0. The molecule has 1 heterocycles. The number of aryl methyl sites for hydroxylation is 1. The largest absolute Gasteiger partial charge is 0.250 e. The number of hydrogen-bond donors (Lipinski definition) is 1. The van der Waals surface area contributed by atoms with E-state index in [9.17, 15) is 12.8 Å². The molecule has 0 aliphatic heterocycles. The van der Waals surface area contributed by atoms with Crippen LogP contribution in [0.3, 0.4) is 0 Å². The normalized spacial score (nSPS) is 11.0. The van der Waals surface area contributed by atoms with Crippen molar-refractivity contribution in [3.63, 3.8) is 0 Å². The van der Waals surface area contributed by atoms with Crippen LogP contribution in [0.2, 0.25) is 0 Å². The van der Waals surface area contributed by atoms with E-state index in [2.05, 4.69) is 16.6 Å². The molecule has 0 amide bonds. The van der Waals surface area contributed by atoms with Crippen molar-refractivity contribution in [3.8, 4) is 11.8 Å². The second-order valence-electron chi connectivity index (χ2n) is 4.21. The first-order valence-corrected chi connectivity index (χ1v) is 8.64. The third-order valence-electron chi connectivity index (χ3n) is 2.68. The molecule has 1 aromatic heterocycles. The number of rotatable bonds is 4. The van der Waals surface area contributed by atoms with Gasteiger partial charge in [-0.25, -0.2) is 12.8 Å². The maximum absolute atomic E-state index is 12.7. The van der Waals surface area contributed by atoms with Gasteiger partial charge < -0.3 is 0 Å². The summed E-state index contributed by atoms with van der Waals surface area (Å²) in [5.41, 5.74) is 0.639. The van der Waals surface area contributed by atoms with E-state index in [-0.39, 0.29) is 12.4 Å². The molecule has 0 saturated heterocycles. The van der Waals surface area contributed by atoms with E-state index in [1.54, 1.807) is 18.2 Å². The van der Waals surface area contributed by atoms with Crippen molar-refractivity contribution in [3.05, 3.63) is 52.7 Å². The van der Waals surface area contributed by atoms with E-state index in [1.165, 1.54) is 23.5 Å². The summed E-state index contributed by atoms with van der Waals surface area (Å²) < 4.78 is 39.4. The number of sulfonamides is 1. The third kappa shape index (κ3) is 4.39. The summed E-state index contributed by atoms with van der Waals surface area (Å²) in [7, 11) is -3.50. The highest BCUT2D eigenvalue weighted by molar-refractivity contribution is 7.91. The average molecular weight is 323 g/mol. The first kappa shape index (κ1) is 15.7. The Bertz CT molecular complexity index is 768. The van der Waals surface area contributed by atoms with Crippen LogP contribution in [0.1, 0.15) is 17.4 Å². The summed E-state index contributed by atoms with van der Waals surface area (Å²) in [6, 6.07) is 9.12. The Hall–Kier alpha value is -1.68. The Kier molecular flexibility index (Phi) is 5.12. The van der Waals surface area contributed by atoms with Gasteiger partial charge in [0.2, 0.25) is 0 Å². The fourth-order valence-electron chi connectivity index (χ4n) is 1.57. The van der Waals surface area contributed by atoms with Gasteiger partial charge in [-0.1, -0.05) is 18.8 Å². The van der Waals surface area contributed by atoms with Gasteiger partial charge in [0, 0.05) is 10.4 Å². The SMILES string of the molecule is CCc1ccc(S(=O)(=O)NCC#Cc2ccc(F)cc2)s1. The molecule has 0 atom stereocenters. The number of nitrogens with one attached hydrogen (secondary N) is 1. The molecule has 0 unspecified atom stereocenters. The summed E-state index contributed by atoms with van der Waals surface area (Å²) in [6.07, 6.45) is 0.810. The zero-order chi connectivity index (χ0) is 15.3. The molecule has 0 bridgehead atoms. The van der Waals surface area contributed by atoms with Crippen LogP contribution in [0, 0.1) is 17.7 Å². The molecule has 3 nitrogen and oxygen atoms in total. The van der Waals surface area contributed by atoms with Crippen LogP contribution in [0.25, 0.3) is 0 Å². The number of benzene rings is 1. The smallest absolute Gasteiger partial charge is 0.207 e. The standard InChI is InChI=1S/C15H14FNO2S2/c1-2-14-9-10-15(20-14)21(18,19)17-11-3-4-12-5-7-13(16)8-6-12/h5-10,17H,2,11H2,1H3. The lowest BCUT2D eigenvalue weighted by molar-refractivity contribution is 0.588. The Morgan fingerprint density at radius 1 is 1.19 bits per heavy atom. The molecule has 0 saturated carbocycles. The second kappa shape index (κ2) is 6.85. The monoisotopic (exact) mass is 323 g/mol. The minimum atomic E-state index is -3.50. The lowest BCUT2D eigenvalue weighted by Crippen LogP contribution is -2.23. The highest BCUT2D eigenvalue weighted by Crippen LogP contribution is 2.21. The zero-order valence-electron chi connectivity index (χ0n) is 11.4. The van der Waals surface area contributed by atoms with E-state index in [1.807, 2.05) is 13.0 Å².